The van der Waals surface area contributed by atoms with Gasteiger partial charge >= 0.3 is 6.01 Å². The molecule has 0 radical (unpaired) electrons. The largest absolute Gasteiger partial charge is 0.467 e. The number of rotatable bonds is 6. The molecule has 1 aliphatic heterocycles. The lowest BCUT2D eigenvalue weighted by atomic mass is 10.1. The lowest BCUT2D eigenvalue weighted by molar-refractivity contribution is 0.0214. The molecule has 0 aromatic carbocycles. The molecule has 2 heterocycles. The van der Waals surface area contributed by atoms with Crippen LogP contribution < -0.4 is 15.0 Å². The van der Waals surface area contributed by atoms with E-state index in [9.17, 15) is 0 Å². The average Bonchev–Trinajstić information content (AvgIpc) is 2.48. The molecular weight excluding hydrogens is 258 g/mol. The molecule has 7 nitrogen and oxygen atoms in total. The maximum atomic E-state index is 5.74. The zero-order valence-corrected chi connectivity index (χ0v) is 12.4. The van der Waals surface area contributed by atoms with Gasteiger partial charge in [-0.15, -0.1) is 0 Å². The van der Waals surface area contributed by atoms with Crippen LogP contribution in [-0.2, 0) is 4.74 Å². The van der Waals surface area contributed by atoms with Crippen LogP contribution in [0, 0.1) is 0 Å². The third-order valence-corrected chi connectivity index (χ3v) is 3.21. The molecule has 0 aliphatic carbocycles. The van der Waals surface area contributed by atoms with Gasteiger partial charge in [0.05, 0.1) is 13.2 Å². The molecule has 20 heavy (non-hydrogen) atoms. The molecule has 0 saturated carbocycles. The van der Waals surface area contributed by atoms with Gasteiger partial charge in [0.1, 0.15) is 0 Å². The van der Waals surface area contributed by atoms with Crippen molar-refractivity contribution in [2.75, 3.05) is 44.1 Å². The summed E-state index contributed by atoms with van der Waals surface area (Å²) in [6.07, 6.45) is 3.72. The topological polar surface area (TPSA) is 72.4 Å². The van der Waals surface area contributed by atoms with Gasteiger partial charge in [-0.25, -0.2) is 0 Å². The Morgan fingerprint density at radius 1 is 1.35 bits per heavy atom. The van der Waals surface area contributed by atoms with E-state index in [0.29, 0.717) is 17.9 Å². The molecule has 1 atom stereocenters. The molecule has 7 heteroatoms. The average molecular weight is 281 g/mol. The van der Waals surface area contributed by atoms with Crippen molar-refractivity contribution in [3.63, 3.8) is 0 Å². The molecule has 0 bridgehead atoms. The zero-order valence-electron chi connectivity index (χ0n) is 12.4. The zero-order chi connectivity index (χ0) is 14.4. The van der Waals surface area contributed by atoms with Gasteiger partial charge in [0.2, 0.25) is 11.9 Å². The SMILES string of the molecule is CCNc1nc(OC)nc(N(C)CC2CCCCO2)n1. The van der Waals surface area contributed by atoms with Crippen molar-refractivity contribution < 1.29 is 9.47 Å². The lowest BCUT2D eigenvalue weighted by Gasteiger charge is -2.27. The Balaban J connectivity index is 2.06. The van der Waals surface area contributed by atoms with E-state index in [1.165, 1.54) is 6.42 Å². The highest BCUT2D eigenvalue weighted by Crippen LogP contribution is 2.17. The first-order valence-corrected chi connectivity index (χ1v) is 7.09. The maximum Gasteiger partial charge on any atom is 0.322 e. The quantitative estimate of drug-likeness (QED) is 0.843. The van der Waals surface area contributed by atoms with Gasteiger partial charge < -0.3 is 19.7 Å². The number of nitrogens with zero attached hydrogens (tertiary/aromatic N) is 4. The minimum absolute atomic E-state index is 0.249. The summed E-state index contributed by atoms with van der Waals surface area (Å²) in [5.41, 5.74) is 0. The van der Waals surface area contributed by atoms with E-state index in [4.69, 9.17) is 9.47 Å². The summed E-state index contributed by atoms with van der Waals surface area (Å²) in [5, 5.41) is 3.08. The van der Waals surface area contributed by atoms with Gasteiger partial charge in [-0.1, -0.05) is 0 Å². The Morgan fingerprint density at radius 3 is 2.85 bits per heavy atom. The first kappa shape index (κ1) is 14.8. The van der Waals surface area contributed by atoms with Crippen LogP contribution in [0.4, 0.5) is 11.9 Å². The van der Waals surface area contributed by atoms with Crippen molar-refractivity contribution in [3.05, 3.63) is 0 Å². The van der Waals surface area contributed by atoms with Crippen molar-refractivity contribution in [1.29, 1.82) is 0 Å². The highest BCUT2D eigenvalue weighted by molar-refractivity contribution is 5.37. The minimum Gasteiger partial charge on any atom is -0.467 e. The van der Waals surface area contributed by atoms with E-state index >= 15 is 0 Å². The van der Waals surface area contributed by atoms with E-state index in [0.717, 1.165) is 32.5 Å². The standard InChI is InChI=1S/C13H23N5O2/c1-4-14-11-15-12(17-13(16-11)19-3)18(2)9-10-7-5-6-8-20-10/h10H,4-9H2,1-3H3,(H,14,15,16,17). The molecule has 1 aromatic heterocycles. The monoisotopic (exact) mass is 281 g/mol. The van der Waals surface area contributed by atoms with Gasteiger partial charge in [-0.2, -0.15) is 15.0 Å². The van der Waals surface area contributed by atoms with Crippen molar-refractivity contribution >= 4 is 11.9 Å². The number of anilines is 2. The predicted molar refractivity (Wildman–Crippen MR) is 77.4 cm³/mol. The predicted octanol–water partition coefficient (Wildman–Crippen LogP) is 1.32. The van der Waals surface area contributed by atoms with Crippen molar-refractivity contribution in [1.82, 2.24) is 15.0 Å². The van der Waals surface area contributed by atoms with Crippen LogP contribution in [0.3, 0.4) is 0 Å². The van der Waals surface area contributed by atoms with Gasteiger partial charge in [0.15, 0.2) is 0 Å². The van der Waals surface area contributed by atoms with Crippen molar-refractivity contribution in [2.45, 2.75) is 32.3 Å². The molecule has 2 rings (SSSR count). The van der Waals surface area contributed by atoms with Gasteiger partial charge in [-0.05, 0) is 26.2 Å². The molecule has 0 amide bonds. The number of methoxy groups -OCH3 is 1. The molecule has 1 aliphatic rings. The number of nitrogens with one attached hydrogen (secondary N) is 1. The molecule has 1 saturated heterocycles. The summed E-state index contributed by atoms with van der Waals surface area (Å²) >= 11 is 0. The highest BCUT2D eigenvalue weighted by atomic mass is 16.5. The summed E-state index contributed by atoms with van der Waals surface area (Å²) in [5.74, 6) is 1.13. The molecule has 1 N–H and O–H groups in total. The van der Waals surface area contributed by atoms with Crippen LogP contribution in [0.25, 0.3) is 0 Å². The molecule has 0 spiro atoms. The van der Waals surface area contributed by atoms with E-state index in [1.807, 2.05) is 18.9 Å². The summed E-state index contributed by atoms with van der Waals surface area (Å²) < 4.78 is 10.9. The Bertz CT molecular complexity index is 423. The van der Waals surface area contributed by atoms with Crippen molar-refractivity contribution in [2.24, 2.45) is 0 Å². The third-order valence-electron chi connectivity index (χ3n) is 3.21. The van der Waals surface area contributed by atoms with Crippen LogP contribution in [0.1, 0.15) is 26.2 Å². The van der Waals surface area contributed by atoms with Crippen LogP contribution >= 0.6 is 0 Å². The van der Waals surface area contributed by atoms with E-state index in [-0.39, 0.29) is 6.10 Å². The van der Waals surface area contributed by atoms with Crippen LogP contribution in [0.5, 0.6) is 6.01 Å². The molecular formula is C13H23N5O2. The van der Waals surface area contributed by atoms with E-state index < -0.39 is 0 Å². The van der Waals surface area contributed by atoms with Crippen molar-refractivity contribution in [3.8, 4) is 6.01 Å². The normalized spacial score (nSPS) is 18.6. The van der Waals surface area contributed by atoms with Gasteiger partial charge in [0.25, 0.3) is 0 Å². The fourth-order valence-electron chi connectivity index (χ4n) is 2.18. The number of likely N-dealkylation sites (N-methyl/N-ethyl adjacent to an activating group) is 1. The van der Waals surface area contributed by atoms with E-state index in [2.05, 4.69) is 20.3 Å². The first-order valence-electron chi connectivity index (χ1n) is 7.09. The minimum atomic E-state index is 0.249. The third kappa shape index (κ3) is 3.93. The second-order valence-corrected chi connectivity index (χ2v) is 4.85. The number of hydrogen-bond acceptors (Lipinski definition) is 7. The maximum absolute atomic E-state index is 5.74. The Kier molecular flexibility index (Phi) is 5.34. The molecule has 112 valence electrons. The highest BCUT2D eigenvalue weighted by Gasteiger charge is 2.18. The Labute approximate surface area is 119 Å². The number of ether oxygens (including phenoxy) is 2. The summed E-state index contributed by atoms with van der Waals surface area (Å²) in [4.78, 5) is 14.8. The second kappa shape index (κ2) is 7.23. The molecule has 1 fully saturated rings. The Hall–Kier alpha value is -1.63. The summed E-state index contributed by atoms with van der Waals surface area (Å²) in [7, 11) is 3.52. The number of hydrogen-bond donors (Lipinski definition) is 1. The lowest BCUT2D eigenvalue weighted by Crippen LogP contribution is -2.34. The molecule has 1 aromatic rings. The second-order valence-electron chi connectivity index (χ2n) is 4.85. The van der Waals surface area contributed by atoms with E-state index in [1.54, 1.807) is 7.11 Å². The first-order chi connectivity index (χ1) is 9.72. The summed E-state index contributed by atoms with van der Waals surface area (Å²) in [6.45, 7) is 4.37. The van der Waals surface area contributed by atoms with Gasteiger partial charge in [-0.3, -0.25) is 0 Å². The van der Waals surface area contributed by atoms with Crippen LogP contribution in [-0.4, -0.2) is 54.9 Å². The van der Waals surface area contributed by atoms with Gasteiger partial charge in [0, 0.05) is 26.7 Å². The number of aromatic nitrogens is 3. The fraction of sp³-hybridized carbons (Fsp3) is 0.769. The van der Waals surface area contributed by atoms with Crippen LogP contribution in [0.2, 0.25) is 0 Å². The smallest absolute Gasteiger partial charge is 0.322 e. The fourth-order valence-corrected chi connectivity index (χ4v) is 2.18. The van der Waals surface area contributed by atoms with Crippen LogP contribution in [0.15, 0.2) is 0 Å². The molecule has 1 unspecified atom stereocenters. The summed E-state index contributed by atoms with van der Waals surface area (Å²) in [6, 6.07) is 0.322. The Morgan fingerprint density at radius 2 is 2.20 bits per heavy atom.